The molecule has 2 N–H and O–H groups in total. The summed E-state index contributed by atoms with van der Waals surface area (Å²) in [5.41, 5.74) is 2.19. The number of pyridine rings is 1. The monoisotopic (exact) mass is 351 g/mol. The third kappa shape index (κ3) is 4.53. The van der Waals surface area contributed by atoms with Crippen LogP contribution in [0.25, 0.3) is 10.9 Å². The van der Waals surface area contributed by atoms with E-state index in [0.717, 1.165) is 31.2 Å². The summed E-state index contributed by atoms with van der Waals surface area (Å²) in [6.45, 7) is 2.41. The van der Waals surface area contributed by atoms with Gasteiger partial charge < -0.3 is 19.9 Å². The number of benzene rings is 1. The summed E-state index contributed by atoms with van der Waals surface area (Å²) in [4.78, 5) is 8.64. The van der Waals surface area contributed by atoms with E-state index in [1.54, 1.807) is 14.2 Å². The van der Waals surface area contributed by atoms with Crippen molar-refractivity contribution >= 4 is 16.9 Å². The van der Waals surface area contributed by atoms with Crippen LogP contribution in [-0.4, -0.2) is 36.2 Å². The highest BCUT2D eigenvalue weighted by atomic mass is 16.5. The average Bonchev–Trinajstić information content (AvgIpc) is 3.11. The van der Waals surface area contributed by atoms with Gasteiger partial charge in [-0.15, -0.1) is 0 Å². The second kappa shape index (κ2) is 8.89. The number of ether oxygens (including phenoxy) is 1. The summed E-state index contributed by atoms with van der Waals surface area (Å²) in [6, 6.07) is 16.3. The molecule has 0 radical (unpaired) electrons. The Labute approximate surface area is 153 Å². The molecule has 0 amide bonds. The van der Waals surface area contributed by atoms with E-state index in [0.29, 0.717) is 12.4 Å². The maximum atomic E-state index is 5.15. The van der Waals surface area contributed by atoms with E-state index in [4.69, 9.17) is 4.74 Å². The zero-order valence-corrected chi connectivity index (χ0v) is 15.3. The number of methoxy groups -OCH3 is 1. The summed E-state index contributed by atoms with van der Waals surface area (Å²) in [5.74, 6) is 1.39. The van der Waals surface area contributed by atoms with Crippen LogP contribution in [0.15, 0.2) is 59.7 Å². The largest absolute Gasteiger partial charge is 0.481 e. The van der Waals surface area contributed by atoms with Crippen LogP contribution >= 0.6 is 0 Å². The Morgan fingerprint density at radius 2 is 2.00 bits per heavy atom. The van der Waals surface area contributed by atoms with Gasteiger partial charge >= 0.3 is 0 Å². The van der Waals surface area contributed by atoms with Crippen LogP contribution in [0.4, 0.5) is 0 Å². The van der Waals surface area contributed by atoms with Crippen LogP contribution in [0.2, 0.25) is 0 Å². The molecule has 1 aromatic carbocycles. The van der Waals surface area contributed by atoms with E-state index in [9.17, 15) is 0 Å². The van der Waals surface area contributed by atoms with Gasteiger partial charge in [-0.2, -0.15) is 0 Å². The maximum Gasteiger partial charge on any atom is 0.213 e. The Hall–Kier alpha value is -3.02. The van der Waals surface area contributed by atoms with E-state index >= 15 is 0 Å². The summed E-state index contributed by atoms with van der Waals surface area (Å²) in [5, 5.41) is 7.90. The van der Waals surface area contributed by atoms with Gasteiger partial charge in [-0.1, -0.05) is 24.3 Å². The zero-order valence-electron chi connectivity index (χ0n) is 15.3. The number of nitrogens with zero attached hydrogens (tertiary/aromatic N) is 3. The smallest absolute Gasteiger partial charge is 0.213 e. The van der Waals surface area contributed by atoms with Gasteiger partial charge in [-0.05, 0) is 30.0 Å². The molecular formula is C20H25N5O. The van der Waals surface area contributed by atoms with Gasteiger partial charge in [0.1, 0.15) is 0 Å². The SMILES string of the molecule is CN=C(NCCCn1ccc2ccccc21)NCc1cccc(OC)n1. The maximum absolute atomic E-state index is 5.15. The Bertz CT molecular complexity index is 871. The highest BCUT2D eigenvalue weighted by Gasteiger charge is 2.02. The zero-order chi connectivity index (χ0) is 18.2. The number of aliphatic imine (C=N–C) groups is 1. The highest BCUT2D eigenvalue weighted by Crippen LogP contribution is 2.15. The number of hydrogen-bond donors (Lipinski definition) is 2. The third-order valence-corrected chi connectivity index (χ3v) is 4.20. The molecule has 3 rings (SSSR count). The van der Waals surface area contributed by atoms with E-state index in [1.165, 1.54) is 10.9 Å². The van der Waals surface area contributed by atoms with Crippen LogP contribution in [0.3, 0.4) is 0 Å². The fraction of sp³-hybridized carbons (Fsp3) is 0.300. The molecule has 136 valence electrons. The molecule has 0 aliphatic heterocycles. The van der Waals surface area contributed by atoms with Crippen molar-refractivity contribution in [1.82, 2.24) is 20.2 Å². The van der Waals surface area contributed by atoms with E-state index in [-0.39, 0.29) is 0 Å². The lowest BCUT2D eigenvalue weighted by atomic mass is 10.2. The van der Waals surface area contributed by atoms with Gasteiger partial charge in [0.15, 0.2) is 5.96 Å². The van der Waals surface area contributed by atoms with Crippen LogP contribution in [0, 0.1) is 0 Å². The summed E-state index contributed by atoms with van der Waals surface area (Å²) >= 11 is 0. The van der Waals surface area contributed by atoms with Gasteiger partial charge in [-0.3, -0.25) is 4.99 Å². The molecule has 2 heterocycles. The van der Waals surface area contributed by atoms with Crippen molar-refractivity contribution < 1.29 is 4.74 Å². The fourth-order valence-electron chi connectivity index (χ4n) is 2.86. The Morgan fingerprint density at radius 3 is 2.85 bits per heavy atom. The van der Waals surface area contributed by atoms with Gasteiger partial charge in [0.2, 0.25) is 5.88 Å². The first kappa shape index (κ1) is 17.8. The van der Waals surface area contributed by atoms with Crippen LogP contribution in [-0.2, 0) is 13.1 Å². The summed E-state index contributed by atoms with van der Waals surface area (Å²) in [6.07, 6.45) is 3.16. The minimum absolute atomic E-state index is 0.596. The van der Waals surface area contributed by atoms with Gasteiger partial charge in [0.05, 0.1) is 19.3 Å². The van der Waals surface area contributed by atoms with Crippen LogP contribution < -0.4 is 15.4 Å². The predicted molar refractivity (Wildman–Crippen MR) is 106 cm³/mol. The minimum atomic E-state index is 0.596. The summed E-state index contributed by atoms with van der Waals surface area (Å²) in [7, 11) is 3.39. The molecule has 0 aliphatic rings. The second-order valence-electron chi connectivity index (χ2n) is 5.95. The van der Waals surface area contributed by atoms with Crippen LogP contribution in [0.5, 0.6) is 5.88 Å². The number of guanidine groups is 1. The number of hydrogen-bond acceptors (Lipinski definition) is 3. The number of nitrogens with one attached hydrogen (secondary N) is 2. The predicted octanol–water partition coefficient (Wildman–Crippen LogP) is 2.80. The minimum Gasteiger partial charge on any atom is -0.481 e. The molecule has 0 spiro atoms. The van der Waals surface area contributed by atoms with Crippen molar-refractivity contribution in [2.45, 2.75) is 19.5 Å². The number of rotatable bonds is 7. The molecule has 6 heteroatoms. The second-order valence-corrected chi connectivity index (χ2v) is 5.95. The molecule has 0 unspecified atom stereocenters. The first-order valence-corrected chi connectivity index (χ1v) is 8.78. The normalized spacial score (nSPS) is 11.5. The number of aromatic nitrogens is 2. The van der Waals surface area contributed by atoms with Crippen molar-refractivity contribution in [3.63, 3.8) is 0 Å². The Morgan fingerprint density at radius 1 is 1.12 bits per heavy atom. The molecule has 0 bridgehead atoms. The van der Waals surface area contributed by atoms with Crippen molar-refractivity contribution in [3.05, 3.63) is 60.4 Å². The van der Waals surface area contributed by atoms with Gasteiger partial charge in [0.25, 0.3) is 0 Å². The molecule has 0 fully saturated rings. The molecule has 6 nitrogen and oxygen atoms in total. The Kier molecular flexibility index (Phi) is 6.09. The molecule has 0 saturated carbocycles. The van der Waals surface area contributed by atoms with Gasteiger partial charge in [0, 0.05) is 37.9 Å². The van der Waals surface area contributed by atoms with Crippen molar-refractivity contribution in [3.8, 4) is 5.88 Å². The number of aryl methyl sites for hydroxylation is 1. The molecule has 3 aromatic rings. The molecule has 0 saturated heterocycles. The molecule has 26 heavy (non-hydrogen) atoms. The molecular weight excluding hydrogens is 326 g/mol. The first-order chi connectivity index (χ1) is 12.8. The fourth-order valence-corrected chi connectivity index (χ4v) is 2.86. The molecule has 0 aliphatic carbocycles. The van der Waals surface area contributed by atoms with E-state index in [2.05, 4.69) is 61.7 Å². The van der Waals surface area contributed by atoms with Crippen molar-refractivity contribution in [2.24, 2.45) is 4.99 Å². The number of fused-ring (bicyclic) bond motifs is 1. The van der Waals surface area contributed by atoms with E-state index in [1.807, 2.05) is 18.2 Å². The lowest BCUT2D eigenvalue weighted by Crippen LogP contribution is -2.37. The van der Waals surface area contributed by atoms with E-state index < -0.39 is 0 Å². The highest BCUT2D eigenvalue weighted by molar-refractivity contribution is 5.80. The third-order valence-electron chi connectivity index (χ3n) is 4.20. The van der Waals surface area contributed by atoms with Crippen molar-refractivity contribution in [2.75, 3.05) is 20.7 Å². The average molecular weight is 351 g/mol. The molecule has 2 aromatic heterocycles. The standard InChI is InChI=1S/C20H25N5O/c1-21-20(23-15-17-8-5-10-19(24-17)26-2)22-12-6-13-25-14-11-16-7-3-4-9-18(16)25/h3-5,7-11,14H,6,12-13,15H2,1-2H3,(H2,21,22,23). The number of para-hydroxylation sites is 1. The quantitative estimate of drug-likeness (QED) is 0.390. The lowest BCUT2D eigenvalue weighted by Gasteiger charge is -2.12. The van der Waals surface area contributed by atoms with Crippen LogP contribution in [0.1, 0.15) is 12.1 Å². The summed E-state index contributed by atoms with van der Waals surface area (Å²) < 4.78 is 7.43. The molecule has 0 atom stereocenters. The lowest BCUT2D eigenvalue weighted by molar-refractivity contribution is 0.396. The first-order valence-electron chi connectivity index (χ1n) is 8.78. The Balaban J connectivity index is 1.44. The van der Waals surface area contributed by atoms with Crippen molar-refractivity contribution in [1.29, 1.82) is 0 Å². The topological polar surface area (TPSA) is 63.5 Å². The van der Waals surface area contributed by atoms with Gasteiger partial charge in [-0.25, -0.2) is 4.98 Å².